The van der Waals surface area contributed by atoms with Crippen molar-refractivity contribution in [3.05, 3.63) is 15.5 Å². The van der Waals surface area contributed by atoms with Gasteiger partial charge in [0.05, 0.1) is 12.2 Å². The van der Waals surface area contributed by atoms with E-state index in [9.17, 15) is 0 Å². The van der Waals surface area contributed by atoms with E-state index in [1.165, 1.54) is 22.2 Å². The van der Waals surface area contributed by atoms with E-state index in [-0.39, 0.29) is 0 Å². The molecule has 0 N–H and O–H groups in total. The Bertz CT molecular complexity index is 308. The number of aryl methyl sites for hydroxylation is 1. The quantitative estimate of drug-likeness (QED) is 0.734. The first-order valence-corrected chi connectivity index (χ1v) is 5.64. The molecule has 2 rings (SSSR count). The number of hydrogen-bond donors (Lipinski definition) is 0. The zero-order valence-corrected chi connectivity index (χ0v) is 10.2. The highest BCUT2D eigenvalue weighted by Gasteiger charge is 2.23. The minimum atomic E-state index is 0.589. The highest BCUT2D eigenvalue weighted by Crippen LogP contribution is 2.23. The number of halogens is 1. The van der Waals surface area contributed by atoms with Crippen LogP contribution >= 0.6 is 22.6 Å². The van der Waals surface area contributed by atoms with Crippen molar-refractivity contribution in [2.45, 2.75) is 19.4 Å². The molecule has 0 saturated carbocycles. The van der Waals surface area contributed by atoms with E-state index in [0.717, 1.165) is 6.54 Å². The lowest BCUT2D eigenvalue weighted by atomic mass is 10.3. The normalized spacial score (nSPS) is 24.1. The van der Waals surface area contributed by atoms with Gasteiger partial charge in [0.15, 0.2) is 0 Å². The minimum Gasteiger partial charge on any atom is -0.304 e. The molecule has 72 valence electrons. The van der Waals surface area contributed by atoms with Crippen molar-refractivity contribution >= 4 is 22.6 Å². The van der Waals surface area contributed by atoms with Gasteiger partial charge in [-0.25, -0.2) is 0 Å². The van der Waals surface area contributed by atoms with Crippen molar-refractivity contribution in [3.63, 3.8) is 0 Å². The molecular weight excluding hydrogens is 277 g/mol. The average Bonchev–Trinajstić information content (AvgIpc) is 2.62. The van der Waals surface area contributed by atoms with E-state index in [2.05, 4.69) is 51.2 Å². The fourth-order valence-corrected chi connectivity index (χ4v) is 2.46. The first kappa shape index (κ1) is 9.45. The van der Waals surface area contributed by atoms with E-state index in [1.807, 2.05) is 6.20 Å². The van der Waals surface area contributed by atoms with Gasteiger partial charge in [0, 0.05) is 12.1 Å². The molecule has 13 heavy (non-hydrogen) atoms. The van der Waals surface area contributed by atoms with Crippen molar-refractivity contribution < 1.29 is 0 Å². The molecule has 1 aliphatic rings. The second-order valence-electron chi connectivity index (χ2n) is 3.77. The lowest BCUT2D eigenvalue weighted by Gasteiger charge is -2.12. The van der Waals surface area contributed by atoms with Crippen LogP contribution in [0.5, 0.6) is 0 Å². The summed E-state index contributed by atoms with van der Waals surface area (Å²) in [5, 5.41) is 4.41. The molecule has 3 nitrogen and oxygen atoms in total. The van der Waals surface area contributed by atoms with Gasteiger partial charge in [-0.3, -0.25) is 4.68 Å². The van der Waals surface area contributed by atoms with Crippen LogP contribution in [0.2, 0.25) is 0 Å². The molecule has 1 aliphatic heterocycles. The van der Waals surface area contributed by atoms with Crippen molar-refractivity contribution in [3.8, 4) is 0 Å². The first-order chi connectivity index (χ1) is 6.18. The van der Waals surface area contributed by atoms with Gasteiger partial charge in [0.25, 0.3) is 0 Å². The van der Waals surface area contributed by atoms with Crippen molar-refractivity contribution in [2.24, 2.45) is 0 Å². The van der Waals surface area contributed by atoms with Gasteiger partial charge >= 0.3 is 0 Å². The Morgan fingerprint density at radius 3 is 2.85 bits per heavy atom. The van der Waals surface area contributed by atoms with Crippen LogP contribution in [0.1, 0.15) is 18.0 Å². The summed E-state index contributed by atoms with van der Waals surface area (Å²) in [6.45, 7) is 4.45. The van der Waals surface area contributed by atoms with Gasteiger partial charge in [0.2, 0.25) is 0 Å². The molecular formula is C9H14IN3. The summed E-state index contributed by atoms with van der Waals surface area (Å²) in [7, 11) is 2.17. The number of likely N-dealkylation sites (tertiary alicyclic amines) is 1. The molecule has 0 unspecified atom stereocenters. The van der Waals surface area contributed by atoms with E-state index in [4.69, 9.17) is 0 Å². The molecule has 1 aromatic heterocycles. The molecule has 1 saturated heterocycles. The predicted molar refractivity (Wildman–Crippen MR) is 60.8 cm³/mol. The van der Waals surface area contributed by atoms with Crippen molar-refractivity contribution in [2.75, 3.05) is 20.1 Å². The molecule has 1 atom stereocenters. The summed E-state index contributed by atoms with van der Waals surface area (Å²) < 4.78 is 3.46. The maximum Gasteiger partial charge on any atom is 0.102 e. The molecule has 2 heterocycles. The summed E-state index contributed by atoms with van der Waals surface area (Å²) in [5.41, 5.74) is 1.29. The fourth-order valence-electron chi connectivity index (χ4n) is 1.80. The molecule has 1 aromatic rings. The largest absolute Gasteiger partial charge is 0.304 e. The van der Waals surface area contributed by atoms with E-state index >= 15 is 0 Å². The third kappa shape index (κ3) is 1.74. The van der Waals surface area contributed by atoms with Gasteiger partial charge in [-0.15, -0.1) is 0 Å². The number of rotatable bonds is 1. The molecule has 0 spiro atoms. The third-order valence-corrected chi connectivity index (χ3v) is 3.96. The van der Waals surface area contributed by atoms with Gasteiger partial charge < -0.3 is 4.90 Å². The number of likely N-dealkylation sites (N-methyl/N-ethyl adjacent to an activating group) is 1. The zero-order chi connectivity index (χ0) is 9.42. The van der Waals surface area contributed by atoms with Crippen LogP contribution < -0.4 is 0 Å². The lowest BCUT2D eigenvalue weighted by molar-refractivity contribution is 0.379. The van der Waals surface area contributed by atoms with Crippen molar-refractivity contribution in [1.29, 1.82) is 0 Å². The molecule has 0 radical (unpaired) electrons. The topological polar surface area (TPSA) is 21.1 Å². The summed E-state index contributed by atoms with van der Waals surface area (Å²) in [5.74, 6) is 0. The average molecular weight is 291 g/mol. The molecule has 0 bridgehead atoms. The lowest BCUT2D eigenvalue weighted by Crippen LogP contribution is -2.18. The smallest absolute Gasteiger partial charge is 0.102 e. The van der Waals surface area contributed by atoms with Crippen LogP contribution in [-0.4, -0.2) is 34.8 Å². The number of nitrogens with zero attached hydrogens (tertiary/aromatic N) is 3. The Kier molecular flexibility index (Phi) is 2.60. The standard InChI is InChI=1S/C9H14IN3/c1-7-5-11-13(9(7)10)8-3-4-12(2)6-8/h5,8H,3-4,6H2,1-2H3/t8-/m0/s1. The molecule has 0 aliphatic carbocycles. The second-order valence-corrected chi connectivity index (χ2v) is 4.79. The SMILES string of the molecule is Cc1cnn([C@H]2CCN(C)C2)c1I. The summed E-state index contributed by atoms with van der Waals surface area (Å²) in [4.78, 5) is 2.36. The van der Waals surface area contributed by atoms with E-state index in [0.29, 0.717) is 6.04 Å². The Balaban J connectivity index is 2.21. The predicted octanol–water partition coefficient (Wildman–Crippen LogP) is 1.67. The highest BCUT2D eigenvalue weighted by atomic mass is 127. The summed E-state index contributed by atoms with van der Waals surface area (Å²) in [6.07, 6.45) is 3.19. The van der Waals surface area contributed by atoms with Crippen LogP contribution in [-0.2, 0) is 0 Å². The minimum absolute atomic E-state index is 0.589. The van der Waals surface area contributed by atoms with Gasteiger partial charge in [-0.1, -0.05) is 0 Å². The first-order valence-electron chi connectivity index (χ1n) is 4.56. The number of hydrogen-bond acceptors (Lipinski definition) is 2. The van der Waals surface area contributed by atoms with Gasteiger partial charge in [-0.05, 0) is 49.5 Å². The maximum atomic E-state index is 4.41. The highest BCUT2D eigenvalue weighted by molar-refractivity contribution is 14.1. The van der Waals surface area contributed by atoms with Gasteiger partial charge in [0.1, 0.15) is 3.70 Å². The zero-order valence-electron chi connectivity index (χ0n) is 8.00. The van der Waals surface area contributed by atoms with Crippen LogP contribution in [0, 0.1) is 10.6 Å². The van der Waals surface area contributed by atoms with Gasteiger partial charge in [-0.2, -0.15) is 5.10 Å². The van der Waals surface area contributed by atoms with Crippen LogP contribution in [0.15, 0.2) is 6.20 Å². The van der Waals surface area contributed by atoms with E-state index < -0.39 is 0 Å². The summed E-state index contributed by atoms with van der Waals surface area (Å²) >= 11 is 2.38. The van der Waals surface area contributed by atoms with Crippen LogP contribution in [0.25, 0.3) is 0 Å². The Labute approximate surface area is 92.2 Å². The van der Waals surface area contributed by atoms with Crippen LogP contribution in [0.3, 0.4) is 0 Å². The third-order valence-electron chi connectivity index (χ3n) is 2.61. The Morgan fingerprint density at radius 2 is 2.38 bits per heavy atom. The van der Waals surface area contributed by atoms with Crippen LogP contribution in [0.4, 0.5) is 0 Å². The summed E-state index contributed by atoms with van der Waals surface area (Å²) in [6, 6.07) is 0.589. The monoisotopic (exact) mass is 291 g/mol. The molecule has 4 heteroatoms. The van der Waals surface area contributed by atoms with E-state index in [1.54, 1.807) is 0 Å². The Morgan fingerprint density at radius 1 is 1.62 bits per heavy atom. The number of aromatic nitrogens is 2. The fraction of sp³-hybridized carbons (Fsp3) is 0.667. The molecule has 0 amide bonds. The van der Waals surface area contributed by atoms with Crippen molar-refractivity contribution in [1.82, 2.24) is 14.7 Å². The second kappa shape index (κ2) is 3.57. The maximum absolute atomic E-state index is 4.41. The molecule has 0 aromatic carbocycles. The molecule has 1 fully saturated rings. The Hall–Kier alpha value is -0.100.